The molecule has 0 bridgehead atoms. The lowest BCUT2D eigenvalue weighted by molar-refractivity contribution is -0.955. The van der Waals surface area contributed by atoms with E-state index in [4.69, 9.17) is 0 Å². The molecule has 1 aliphatic rings. The van der Waals surface area contributed by atoms with Crippen LogP contribution < -0.4 is 10.4 Å². The average Bonchev–Trinajstić information content (AvgIpc) is 2.48. The highest BCUT2D eigenvalue weighted by atomic mass is 16.5. The second-order valence-electron chi connectivity index (χ2n) is 8.89. The molecular weight excluding hydrogens is 314 g/mol. The van der Waals surface area contributed by atoms with E-state index in [0.29, 0.717) is 11.6 Å². The maximum Gasteiger partial charge on any atom is 0.238 e. The zero-order valence-corrected chi connectivity index (χ0v) is 16.7. The van der Waals surface area contributed by atoms with Crippen molar-refractivity contribution in [1.29, 1.82) is 0 Å². The van der Waals surface area contributed by atoms with Crippen molar-refractivity contribution in [3.8, 4) is 0 Å². The summed E-state index contributed by atoms with van der Waals surface area (Å²) >= 11 is 0. The van der Waals surface area contributed by atoms with Crippen molar-refractivity contribution < 1.29 is 9.86 Å². The summed E-state index contributed by atoms with van der Waals surface area (Å²) in [5.41, 5.74) is 2.36. The highest BCUT2D eigenvalue weighted by Crippen LogP contribution is 2.27. The number of amides is 1. The van der Waals surface area contributed by atoms with E-state index in [-0.39, 0.29) is 23.0 Å². The molecule has 5 nitrogen and oxygen atoms in total. The second-order valence-corrected chi connectivity index (χ2v) is 8.89. The Morgan fingerprint density at radius 1 is 1.20 bits per heavy atom. The Kier molecular flexibility index (Phi) is 5.62. The van der Waals surface area contributed by atoms with E-state index in [1.807, 2.05) is 66.8 Å². The summed E-state index contributed by atoms with van der Waals surface area (Å²) in [6, 6.07) is 6.23. The smallest absolute Gasteiger partial charge is 0.238 e. The first kappa shape index (κ1) is 19.9. The standard InChI is InChI=1S/C20H33N3O2/c1-14-9-8-10-15(2)18(14)21-17(24)13-22(7)16-11-19(3,4)23(25)20(5,6)12-16/h8-10,16,23H,11-13H2,1-7H3,(H,21,24). The number of hydrogen-bond donors (Lipinski definition) is 2. The number of quaternary nitrogens is 1. The summed E-state index contributed by atoms with van der Waals surface area (Å²) < 4.78 is 0. The number of para-hydroxylation sites is 1. The van der Waals surface area contributed by atoms with E-state index >= 15 is 0 Å². The van der Waals surface area contributed by atoms with Gasteiger partial charge in [0.15, 0.2) is 0 Å². The number of anilines is 1. The van der Waals surface area contributed by atoms with Gasteiger partial charge in [-0.1, -0.05) is 18.2 Å². The van der Waals surface area contributed by atoms with Crippen LogP contribution in [0.5, 0.6) is 0 Å². The highest BCUT2D eigenvalue weighted by Gasteiger charge is 2.46. The molecule has 0 spiro atoms. The monoisotopic (exact) mass is 347 g/mol. The fraction of sp³-hybridized carbons (Fsp3) is 0.650. The van der Waals surface area contributed by atoms with Crippen molar-refractivity contribution in [2.24, 2.45) is 0 Å². The molecule has 0 radical (unpaired) electrons. The number of carbonyl (C=O) groups excluding carboxylic acids is 1. The maximum absolute atomic E-state index is 12.6. The van der Waals surface area contributed by atoms with Gasteiger partial charge in [0.2, 0.25) is 5.91 Å². The van der Waals surface area contributed by atoms with E-state index in [0.717, 1.165) is 29.7 Å². The van der Waals surface area contributed by atoms with E-state index in [2.05, 4.69) is 10.2 Å². The number of piperidine rings is 1. The lowest BCUT2D eigenvalue weighted by Gasteiger charge is -2.55. The van der Waals surface area contributed by atoms with Crippen LogP contribution in [0.3, 0.4) is 0 Å². The topological polar surface area (TPSA) is 59.8 Å². The van der Waals surface area contributed by atoms with Crippen LogP contribution in [0.1, 0.15) is 51.7 Å². The predicted molar refractivity (Wildman–Crippen MR) is 103 cm³/mol. The Balaban J connectivity index is 2.04. The molecule has 1 saturated heterocycles. The van der Waals surface area contributed by atoms with Gasteiger partial charge in [-0.3, -0.25) is 9.69 Å². The van der Waals surface area contributed by atoms with Gasteiger partial charge in [-0.15, -0.1) is 0 Å². The first-order valence-corrected chi connectivity index (χ1v) is 9.05. The van der Waals surface area contributed by atoms with Gasteiger partial charge in [-0.2, -0.15) is 0 Å². The third-order valence-corrected chi connectivity index (χ3v) is 5.48. The molecule has 1 aromatic rings. The number of hydroxylamine groups is 2. The molecule has 1 amide bonds. The van der Waals surface area contributed by atoms with Gasteiger partial charge in [0.1, 0.15) is 0 Å². The summed E-state index contributed by atoms with van der Waals surface area (Å²) in [7, 11) is 1.98. The van der Waals surface area contributed by atoms with Gasteiger partial charge < -0.3 is 15.6 Å². The molecule has 0 unspecified atom stereocenters. The first-order valence-electron chi connectivity index (χ1n) is 9.05. The Morgan fingerprint density at radius 2 is 1.68 bits per heavy atom. The molecule has 1 aromatic carbocycles. The fourth-order valence-corrected chi connectivity index (χ4v) is 4.21. The molecule has 1 heterocycles. The summed E-state index contributed by atoms with van der Waals surface area (Å²) in [4.78, 5) is 14.6. The van der Waals surface area contributed by atoms with Crippen molar-refractivity contribution in [2.75, 3.05) is 18.9 Å². The van der Waals surface area contributed by atoms with Crippen molar-refractivity contribution in [3.05, 3.63) is 34.5 Å². The molecule has 0 aliphatic carbocycles. The Hall–Kier alpha value is -1.43. The quantitative estimate of drug-likeness (QED) is 0.822. The summed E-state index contributed by atoms with van der Waals surface area (Å²) in [6.07, 6.45) is 1.59. The number of aryl methyl sites for hydroxylation is 2. The molecule has 140 valence electrons. The van der Waals surface area contributed by atoms with Crippen molar-refractivity contribution in [1.82, 2.24) is 4.90 Å². The number of hydrogen-bond acceptors (Lipinski definition) is 3. The van der Waals surface area contributed by atoms with Crippen LogP contribution in [-0.4, -0.2) is 41.5 Å². The number of rotatable bonds is 4. The molecule has 2 rings (SSSR count). The van der Waals surface area contributed by atoms with E-state index < -0.39 is 0 Å². The van der Waals surface area contributed by atoms with Crippen LogP contribution in [-0.2, 0) is 4.79 Å². The van der Waals surface area contributed by atoms with Crippen LogP contribution in [0.4, 0.5) is 5.69 Å². The third-order valence-electron chi connectivity index (χ3n) is 5.48. The minimum absolute atomic E-state index is 0.00703. The summed E-state index contributed by atoms with van der Waals surface area (Å²) in [5, 5.41) is 16.0. The Morgan fingerprint density at radius 3 is 2.16 bits per heavy atom. The SMILES string of the molecule is Cc1cccc(C)c1NC(=O)CN(C)C1CC(C)(C)[NH+]([O-])C(C)(C)C1. The molecule has 1 aliphatic heterocycles. The Labute approximate surface area is 152 Å². The van der Waals surface area contributed by atoms with E-state index in [1.165, 1.54) is 0 Å². The second kappa shape index (κ2) is 7.06. The van der Waals surface area contributed by atoms with Crippen LogP contribution in [0.2, 0.25) is 0 Å². The van der Waals surface area contributed by atoms with E-state index in [9.17, 15) is 10.0 Å². The molecule has 1 fully saturated rings. The highest BCUT2D eigenvalue weighted by molar-refractivity contribution is 5.93. The zero-order valence-electron chi connectivity index (χ0n) is 16.7. The molecule has 0 aromatic heterocycles. The number of nitrogens with one attached hydrogen (secondary N) is 2. The average molecular weight is 348 g/mol. The lowest BCUT2D eigenvalue weighted by atomic mass is 9.78. The molecule has 5 heteroatoms. The normalized spacial score (nSPS) is 25.0. The molecule has 2 N–H and O–H groups in total. The number of carbonyl (C=O) groups is 1. The molecule has 0 saturated carbocycles. The predicted octanol–water partition coefficient (Wildman–Crippen LogP) is 2.28. The lowest BCUT2D eigenvalue weighted by Crippen LogP contribution is -3.23. The fourth-order valence-electron chi connectivity index (χ4n) is 4.21. The third kappa shape index (κ3) is 4.40. The van der Waals surface area contributed by atoms with Gasteiger partial charge in [0.25, 0.3) is 0 Å². The minimum atomic E-state index is -0.343. The van der Waals surface area contributed by atoms with Gasteiger partial charge in [-0.25, -0.2) is 0 Å². The zero-order chi connectivity index (χ0) is 19.0. The number of benzene rings is 1. The largest absolute Gasteiger partial charge is 0.634 e. The molecular formula is C20H33N3O2. The molecule has 0 atom stereocenters. The van der Waals surface area contributed by atoms with Gasteiger partial charge in [0.05, 0.1) is 17.6 Å². The van der Waals surface area contributed by atoms with Crippen molar-refractivity contribution in [3.63, 3.8) is 0 Å². The van der Waals surface area contributed by atoms with E-state index in [1.54, 1.807) is 0 Å². The number of likely N-dealkylation sites (N-methyl/N-ethyl adjacent to an activating group) is 1. The Bertz CT molecular complexity index is 602. The van der Waals surface area contributed by atoms with Gasteiger partial charge in [-0.05, 0) is 59.7 Å². The summed E-state index contributed by atoms with van der Waals surface area (Å²) in [6.45, 7) is 12.4. The minimum Gasteiger partial charge on any atom is -0.634 e. The molecule has 25 heavy (non-hydrogen) atoms. The van der Waals surface area contributed by atoms with Gasteiger partial charge in [0, 0.05) is 24.6 Å². The maximum atomic E-state index is 12.6. The number of nitrogens with zero attached hydrogens (tertiary/aromatic N) is 1. The first-order chi connectivity index (χ1) is 11.4. The van der Waals surface area contributed by atoms with Crippen LogP contribution in [0.15, 0.2) is 18.2 Å². The summed E-state index contributed by atoms with van der Waals surface area (Å²) in [5.74, 6) is -0.00703. The van der Waals surface area contributed by atoms with Crippen LogP contribution >= 0.6 is 0 Å². The van der Waals surface area contributed by atoms with Crippen molar-refractivity contribution in [2.45, 2.75) is 71.5 Å². The van der Waals surface area contributed by atoms with Crippen molar-refractivity contribution >= 4 is 11.6 Å². The van der Waals surface area contributed by atoms with Gasteiger partial charge >= 0.3 is 0 Å². The van der Waals surface area contributed by atoms with Crippen LogP contribution in [0, 0.1) is 19.1 Å². The van der Waals surface area contributed by atoms with Crippen LogP contribution in [0.25, 0.3) is 0 Å².